The van der Waals surface area contributed by atoms with Gasteiger partial charge in [-0.1, -0.05) is 48.5 Å². The molecule has 0 aliphatic carbocycles. The Labute approximate surface area is 148 Å². The van der Waals surface area contributed by atoms with Crippen LogP contribution in [0.15, 0.2) is 0 Å². The number of nitrogens with zero attached hydrogens (tertiary/aromatic N) is 2. The average molecular weight is 337 g/mol. The van der Waals surface area contributed by atoms with Crippen molar-refractivity contribution in [2.45, 2.75) is 67.7 Å². The van der Waals surface area contributed by atoms with Gasteiger partial charge in [0.15, 0.2) is 0 Å². The number of likely N-dealkylation sites (tertiary alicyclic amines) is 2. The fourth-order valence-corrected chi connectivity index (χ4v) is 3.79. The first kappa shape index (κ1) is 19.3. The summed E-state index contributed by atoms with van der Waals surface area (Å²) < 4.78 is 0. The van der Waals surface area contributed by atoms with E-state index in [-0.39, 0.29) is 22.2 Å². The minimum Gasteiger partial charge on any atom is -0.342 e. The smallest absolute Gasteiger partial charge is 0.228 e. The Hall–Kier alpha value is -1.06. The highest BCUT2D eigenvalue weighted by Crippen LogP contribution is 2.41. The second kappa shape index (κ2) is 6.34. The third-order valence-corrected chi connectivity index (χ3v) is 5.83. The first-order valence-corrected chi connectivity index (χ1v) is 9.47. The first-order valence-electron chi connectivity index (χ1n) is 9.47. The summed E-state index contributed by atoms with van der Waals surface area (Å²) in [5.74, 6) is 1.24. The van der Waals surface area contributed by atoms with Gasteiger partial charge >= 0.3 is 0 Å². The molecule has 24 heavy (non-hydrogen) atoms. The number of amides is 2. The summed E-state index contributed by atoms with van der Waals surface area (Å²) >= 11 is 0. The standard InChI is InChI=1S/C20H36N2O2/c1-8-15-11-21(12-15)17(24)19(5,6)9-10-20(7)13-22(14-20)16(23)18(2,3)4/h15H,8-14H2,1-7H3. The highest BCUT2D eigenvalue weighted by Gasteiger charge is 2.45. The minimum atomic E-state index is -0.302. The molecule has 2 amide bonds. The van der Waals surface area contributed by atoms with Gasteiger partial charge in [-0.05, 0) is 25.2 Å². The van der Waals surface area contributed by atoms with E-state index in [1.807, 2.05) is 30.6 Å². The van der Waals surface area contributed by atoms with E-state index in [9.17, 15) is 9.59 Å². The topological polar surface area (TPSA) is 40.6 Å². The molecule has 2 rings (SSSR count). The summed E-state index contributed by atoms with van der Waals surface area (Å²) in [5.41, 5.74) is -0.431. The Bertz CT molecular complexity index is 492. The Morgan fingerprint density at radius 2 is 1.54 bits per heavy atom. The van der Waals surface area contributed by atoms with Crippen molar-refractivity contribution in [1.82, 2.24) is 9.80 Å². The SMILES string of the molecule is CCC1CN(C(=O)C(C)(C)CCC2(C)CN(C(=O)C(C)(C)C)C2)C1. The summed E-state index contributed by atoms with van der Waals surface area (Å²) in [6, 6.07) is 0. The van der Waals surface area contributed by atoms with Gasteiger partial charge < -0.3 is 9.80 Å². The molecule has 2 aliphatic rings. The fraction of sp³-hybridized carbons (Fsp3) is 0.900. The average Bonchev–Trinajstić information content (AvgIpc) is 2.39. The van der Waals surface area contributed by atoms with Crippen LogP contribution >= 0.6 is 0 Å². The zero-order valence-corrected chi connectivity index (χ0v) is 16.7. The maximum atomic E-state index is 12.7. The Morgan fingerprint density at radius 1 is 1.00 bits per heavy atom. The van der Waals surface area contributed by atoms with Gasteiger partial charge in [-0.2, -0.15) is 0 Å². The summed E-state index contributed by atoms with van der Waals surface area (Å²) in [6.45, 7) is 18.0. The third-order valence-electron chi connectivity index (χ3n) is 5.83. The number of carbonyl (C=O) groups is 2. The molecule has 4 heteroatoms. The summed E-state index contributed by atoms with van der Waals surface area (Å²) in [7, 11) is 0. The molecule has 2 saturated heterocycles. The zero-order valence-electron chi connectivity index (χ0n) is 16.7. The van der Waals surface area contributed by atoms with Gasteiger partial charge in [-0.15, -0.1) is 0 Å². The Morgan fingerprint density at radius 3 is 2.00 bits per heavy atom. The normalized spacial score (nSPS) is 21.3. The predicted molar refractivity (Wildman–Crippen MR) is 97.5 cm³/mol. The molecule has 138 valence electrons. The van der Waals surface area contributed by atoms with Gasteiger partial charge in [0.2, 0.25) is 11.8 Å². The quantitative estimate of drug-likeness (QED) is 0.770. The van der Waals surface area contributed by atoms with E-state index in [2.05, 4.69) is 27.7 Å². The van der Waals surface area contributed by atoms with Crippen molar-refractivity contribution in [3.8, 4) is 0 Å². The van der Waals surface area contributed by atoms with Crippen molar-refractivity contribution in [3.05, 3.63) is 0 Å². The van der Waals surface area contributed by atoms with E-state index < -0.39 is 0 Å². The van der Waals surface area contributed by atoms with Gasteiger partial charge in [-0.3, -0.25) is 9.59 Å². The van der Waals surface area contributed by atoms with Gasteiger partial charge in [0, 0.05) is 42.4 Å². The lowest BCUT2D eigenvalue weighted by atomic mass is 9.72. The van der Waals surface area contributed by atoms with E-state index in [1.54, 1.807) is 0 Å². The molecule has 2 heterocycles. The summed E-state index contributed by atoms with van der Waals surface area (Å²) in [6.07, 6.45) is 3.07. The summed E-state index contributed by atoms with van der Waals surface area (Å²) in [4.78, 5) is 29.0. The molecule has 0 aromatic rings. The monoisotopic (exact) mass is 336 g/mol. The minimum absolute atomic E-state index is 0.166. The van der Waals surface area contributed by atoms with Crippen molar-refractivity contribution in [1.29, 1.82) is 0 Å². The van der Waals surface area contributed by atoms with Crippen LogP contribution < -0.4 is 0 Å². The highest BCUT2D eigenvalue weighted by atomic mass is 16.2. The largest absolute Gasteiger partial charge is 0.342 e. The van der Waals surface area contributed by atoms with Gasteiger partial charge in [0.25, 0.3) is 0 Å². The molecule has 0 aromatic carbocycles. The van der Waals surface area contributed by atoms with Crippen LogP contribution in [0.5, 0.6) is 0 Å². The second-order valence-corrected chi connectivity index (χ2v) is 10.1. The Kier molecular flexibility index (Phi) is 5.09. The maximum absolute atomic E-state index is 12.7. The van der Waals surface area contributed by atoms with Crippen LogP contribution in [0.4, 0.5) is 0 Å². The van der Waals surface area contributed by atoms with Crippen LogP contribution in [0.25, 0.3) is 0 Å². The van der Waals surface area contributed by atoms with E-state index in [0.717, 1.165) is 39.0 Å². The van der Waals surface area contributed by atoms with Crippen LogP contribution in [0.3, 0.4) is 0 Å². The zero-order chi connectivity index (χ0) is 18.3. The van der Waals surface area contributed by atoms with E-state index in [4.69, 9.17) is 0 Å². The Balaban J connectivity index is 1.81. The molecule has 0 radical (unpaired) electrons. The molecule has 0 saturated carbocycles. The lowest BCUT2D eigenvalue weighted by Crippen LogP contribution is -2.60. The van der Waals surface area contributed by atoms with E-state index in [0.29, 0.717) is 11.8 Å². The van der Waals surface area contributed by atoms with Gasteiger partial charge in [0.1, 0.15) is 0 Å². The lowest BCUT2D eigenvalue weighted by molar-refractivity contribution is -0.154. The molecule has 4 nitrogen and oxygen atoms in total. The molecular formula is C20H36N2O2. The summed E-state index contributed by atoms with van der Waals surface area (Å²) in [5, 5.41) is 0. The van der Waals surface area contributed by atoms with Crippen LogP contribution in [0.2, 0.25) is 0 Å². The number of rotatable bonds is 5. The first-order chi connectivity index (χ1) is 10.9. The molecular weight excluding hydrogens is 300 g/mol. The molecule has 0 spiro atoms. The molecule has 0 N–H and O–H groups in total. The van der Waals surface area contributed by atoms with Crippen molar-refractivity contribution < 1.29 is 9.59 Å². The second-order valence-electron chi connectivity index (χ2n) is 10.1. The van der Waals surface area contributed by atoms with Gasteiger partial charge in [0.05, 0.1) is 0 Å². The van der Waals surface area contributed by atoms with Crippen molar-refractivity contribution in [2.24, 2.45) is 22.2 Å². The van der Waals surface area contributed by atoms with Crippen LogP contribution in [-0.4, -0.2) is 47.8 Å². The third kappa shape index (κ3) is 3.94. The molecule has 2 fully saturated rings. The van der Waals surface area contributed by atoms with Crippen LogP contribution in [-0.2, 0) is 9.59 Å². The number of hydrogen-bond donors (Lipinski definition) is 0. The van der Waals surface area contributed by atoms with E-state index >= 15 is 0 Å². The predicted octanol–water partition coefficient (Wildman–Crippen LogP) is 3.56. The van der Waals surface area contributed by atoms with Crippen LogP contribution in [0, 0.1) is 22.2 Å². The van der Waals surface area contributed by atoms with Crippen molar-refractivity contribution >= 4 is 11.8 Å². The molecule has 0 atom stereocenters. The van der Waals surface area contributed by atoms with Gasteiger partial charge in [-0.25, -0.2) is 0 Å². The van der Waals surface area contributed by atoms with Crippen LogP contribution in [0.1, 0.15) is 67.7 Å². The maximum Gasteiger partial charge on any atom is 0.228 e. The van der Waals surface area contributed by atoms with E-state index in [1.165, 1.54) is 6.42 Å². The molecule has 0 unspecified atom stereocenters. The lowest BCUT2D eigenvalue weighted by Gasteiger charge is -2.51. The highest BCUT2D eigenvalue weighted by molar-refractivity contribution is 5.83. The number of carbonyl (C=O) groups excluding carboxylic acids is 2. The molecule has 2 aliphatic heterocycles. The molecule has 0 bridgehead atoms. The van der Waals surface area contributed by atoms with Crippen molar-refractivity contribution in [2.75, 3.05) is 26.2 Å². The fourth-order valence-electron chi connectivity index (χ4n) is 3.79. The number of hydrogen-bond acceptors (Lipinski definition) is 2. The molecule has 0 aromatic heterocycles. The van der Waals surface area contributed by atoms with Crippen molar-refractivity contribution in [3.63, 3.8) is 0 Å².